The van der Waals surface area contributed by atoms with Crippen LogP contribution in [0.25, 0.3) is 0 Å². The third-order valence-electron chi connectivity index (χ3n) is 6.51. The summed E-state index contributed by atoms with van der Waals surface area (Å²) in [5.74, 6) is -0.204. The number of carbonyl (C=O) groups excluding carboxylic acids is 2. The van der Waals surface area contributed by atoms with Crippen LogP contribution in [0.5, 0.6) is 11.5 Å². The van der Waals surface area contributed by atoms with E-state index in [2.05, 4.69) is 5.32 Å². The number of ether oxygens (including phenoxy) is 2. The quantitative estimate of drug-likeness (QED) is 0.344. The average Bonchev–Trinajstić information content (AvgIpc) is 3.43. The highest BCUT2D eigenvalue weighted by atomic mass is 35.5. The molecule has 1 aliphatic rings. The summed E-state index contributed by atoms with van der Waals surface area (Å²) in [6, 6.07) is 20.2. The van der Waals surface area contributed by atoms with E-state index in [9.17, 15) is 18.0 Å². The number of carbonyl (C=O) groups is 2. The molecule has 3 aromatic rings. The van der Waals surface area contributed by atoms with Gasteiger partial charge in [0.1, 0.15) is 12.6 Å². The first-order valence-corrected chi connectivity index (χ1v) is 15.0. The predicted molar refractivity (Wildman–Crippen MR) is 154 cm³/mol. The Labute approximate surface area is 239 Å². The zero-order valence-corrected chi connectivity index (χ0v) is 24.0. The van der Waals surface area contributed by atoms with Gasteiger partial charge in [0.25, 0.3) is 0 Å². The van der Waals surface area contributed by atoms with Crippen molar-refractivity contribution in [2.24, 2.45) is 0 Å². The number of fused-ring (bicyclic) bond motifs is 1. The van der Waals surface area contributed by atoms with E-state index in [0.29, 0.717) is 23.1 Å². The van der Waals surface area contributed by atoms with Crippen LogP contribution in [0.3, 0.4) is 0 Å². The Morgan fingerprint density at radius 2 is 1.65 bits per heavy atom. The van der Waals surface area contributed by atoms with Crippen molar-refractivity contribution < 1.29 is 27.5 Å². The van der Waals surface area contributed by atoms with E-state index in [0.717, 1.165) is 15.4 Å². The fraction of sp³-hybridized carbons (Fsp3) is 0.310. The lowest BCUT2D eigenvalue weighted by Crippen LogP contribution is -2.53. The molecule has 212 valence electrons. The third kappa shape index (κ3) is 7.05. The summed E-state index contributed by atoms with van der Waals surface area (Å²) in [6.45, 7) is 3.29. The van der Waals surface area contributed by atoms with Gasteiger partial charge in [-0.1, -0.05) is 54.1 Å². The molecular formula is C29H32ClN3O6S. The number of halogens is 1. The number of benzene rings is 3. The molecule has 0 bridgehead atoms. The van der Waals surface area contributed by atoms with Crippen molar-refractivity contribution in [3.05, 3.63) is 88.9 Å². The van der Waals surface area contributed by atoms with Crippen molar-refractivity contribution in [3.63, 3.8) is 0 Å². The first kappa shape index (κ1) is 29.2. The summed E-state index contributed by atoms with van der Waals surface area (Å²) < 4.78 is 38.3. The highest BCUT2D eigenvalue weighted by Crippen LogP contribution is 2.36. The zero-order valence-electron chi connectivity index (χ0n) is 22.4. The normalized spacial score (nSPS) is 13.0. The predicted octanol–water partition coefficient (Wildman–Crippen LogP) is 4.00. The van der Waals surface area contributed by atoms with Gasteiger partial charge in [-0.15, -0.1) is 0 Å². The molecule has 1 N–H and O–H groups in total. The van der Waals surface area contributed by atoms with Crippen molar-refractivity contribution in [3.8, 4) is 11.5 Å². The Bertz CT molecular complexity index is 1430. The molecule has 0 saturated carbocycles. The second-order valence-electron chi connectivity index (χ2n) is 9.19. The van der Waals surface area contributed by atoms with Gasteiger partial charge in [0.05, 0.1) is 11.4 Å². The van der Waals surface area contributed by atoms with Crippen LogP contribution >= 0.6 is 11.6 Å². The lowest BCUT2D eigenvalue weighted by Gasteiger charge is -2.33. The lowest BCUT2D eigenvalue weighted by molar-refractivity contribution is -0.140. The minimum atomic E-state index is -3.88. The Hall–Kier alpha value is -3.76. The molecule has 40 heavy (non-hydrogen) atoms. The Kier molecular flexibility index (Phi) is 9.54. The molecule has 0 unspecified atom stereocenters. The molecular weight excluding hydrogens is 554 g/mol. The van der Waals surface area contributed by atoms with Gasteiger partial charge < -0.3 is 19.7 Å². The fourth-order valence-electron chi connectivity index (χ4n) is 4.39. The second kappa shape index (κ2) is 13.1. The maximum Gasteiger partial charge on any atom is 0.244 e. The van der Waals surface area contributed by atoms with Crippen molar-refractivity contribution in [1.29, 1.82) is 0 Å². The molecule has 9 nitrogen and oxygen atoms in total. The van der Waals surface area contributed by atoms with Gasteiger partial charge in [-0.25, -0.2) is 8.42 Å². The number of anilines is 1. The summed E-state index contributed by atoms with van der Waals surface area (Å²) >= 11 is 6.08. The van der Waals surface area contributed by atoms with Gasteiger partial charge in [-0.05, 0) is 49.2 Å². The van der Waals surface area contributed by atoms with Crippen LogP contribution in [-0.4, -0.2) is 56.8 Å². The van der Waals surface area contributed by atoms with E-state index in [4.69, 9.17) is 21.1 Å². The van der Waals surface area contributed by atoms with Gasteiger partial charge in [0.2, 0.25) is 28.6 Å². The average molecular weight is 586 g/mol. The van der Waals surface area contributed by atoms with Crippen LogP contribution in [0, 0.1) is 0 Å². The molecule has 1 atom stereocenters. The van der Waals surface area contributed by atoms with Gasteiger partial charge in [-0.3, -0.25) is 13.9 Å². The van der Waals surface area contributed by atoms with Crippen molar-refractivity contribution in [2.45, 2.75) is 32.9 Å². The van der Waals surface area contributed by atoms with Crippen LogP contribution in [0.15, 0.2) is 72.8 Å². The number of amides is 2. The van der Waals surface area contributed by atoms with Gasteiger partial charge in [-0.2, -0.15) is 0 Å². The largest absolute Gasteiger partial charge is 0.454 e. The summed E-state index contributed by atoms with van der Waals surface area (Å²) in [5.41, 5.74) is 1.87. The number of rotatable bonds is 12. The molecule has 2 amide bonds. The second-order valence-corrected chi connectivity index (χ2v) is 11.8. The number of hydrogen-bond donors (Lipinski definition) is 1. The molecule has 0 saturated heterocycles. The Morgan fingerprint density at radius 3 is 2.33 bits per heavy atom. The highest BCUT2D eigenvalue weighted by molar-refractivity contribution is 7.92. The number of nitrogens with zero attached hydrogens (tertiary/aromatic N) is 2. The van der Waals surface area contributed by atoms with Crippen LogP contribution in [-0.2, 0) is 32.6 Å². The summed E-state index contributed by atoms with van der Waals surface area (Å²) in [5, 5.41) is 3.37. The number of hydrogen-bond acceptors (Lipinski definition) is 6. The standard InChI is InChI=1S/C29H32ClN3O6S/c1-3-31-29(35)25(16-21-8-6-5-7-9-21)32(18-22-10-12-23(30)13-11-22)28(34)19-33(40(36,37)4-2)24-14-15-26-27(17-24)39-20-38-26/h5-15,17,25H,3-4,16,18-20H2,1-2H3,(H,31,35)/t25-/m1/s1. The van der Waals surface area contributed by atoms with E-state index in [1.165, 1.54) is 17.9 Å². The summed E-state index contributed by atoms with van der Waals surface area (Å²) in [7, 11) is -3.88. The lowest BCUT2D eigenvalue weighted by atomic mass is 10.0. The molecule has 4 rings (SSSR count). The molecule has 1 aliphatic heterocycles. The van der Waals surface area contributed by atoms with Crippen molar-refractivity contribution in [1.82, 2.24) is 10.2 Å². The Balaban J connectivity index is 1.73. The van der Waals surface area contributed by atoms with Gasteiger partial charge >= 0.3 is 0 Å². The highest BCUT2D eigenvalue weighted by Gasteiger charge is 2.34. The van der Waals surface area contributed by atoms with Crippen LogP contribution < -0.4 is 19.1 Å². The Morgan fingerprint density at radius 1 is 0.950 bits per heavy atom. The van der Waals surface area contributed by atoms with E-state index >= 15 is 0 Å². The van der Waals surface area contributed by atoms with Crippen molar-refractivity contribution >= 4 is 39.1 Å². The van der Waals surface area contributed by atoms with E-state index in [1.807, 2.05) is 30.3 Å². The molecule has 3 aromatic carbocycles. The molecule has 1 heterocycles. The molecule has 11 heteroatoms. The molecule has 0 radical (unpaired) electrons. The summed E-state index contributed by atoms with van der Waals surface area (Å²) in [6.07, 6.45) is 0.247. The van der Waals surface area contributed by atoms with Gasteiger partial charge in [0.15, 0.2) is 11.5 Å². The van der Waals surface area contributed by atoms with E-state index in [-0.39, 0.29) is 37.1 Å². The fourth-order valence-corrected chi connectivity index (χ4v) is 5.57. The van der Waals surface area contributed by atoms with E-state index in [1.54, 1.807) is 43.3 Å². The minimum absolute atomic E-state index is 0.0286. The maximum absolute atomic E-state index is 14.1. The molecule has 0 aromatic heterocycles. The number of nitrogens with one attached hydrogen (secondary N) is 1. The third-order valence-corrected chi connectivity index (χ3v) is 8.50. The maximum atomic E-state index is 14.1. The molecule has 0 spiro atoms. The van der Waals surface area contributed by atoms with Crippen LogP contribution in [0.4, 0.5) is 5.69 Å². The van der Waals surface area contributed by atoms with Gasteiger partial charge in [0, 0.05) is 30.6 Å². The van der Waals surface area contributed by atoms with E-state index < -0.39 is 28.5 Å². The number of sulfonamides is 1. The van der Waals surface area contributed by atoms with Crippen LogP contribution in [0.1, 0.15) is 25.0 Å². The molecule has 0 fully saturated rings. The summed E-state index contributed by atoms with van der Waals surface area (Å²) in [4.78, 5) is 28.9. The first-order valence-electron chi connectivity index (χ1n) is 13.0. The topological polar surface area (TPSA) is 105 Å². The number of likely N-dealkylation sites (N-methyl/N-ethyl adjacent to an activating group) is 1. The van der Waals surface area contributed by atoms with Crippen molar-refractivity contribution in [2.75, 3.05) is 29.9 Å². The first-order chi connectivity index (χ1) is 19.2. The SMILES string of the molecule is CCNC(=O)[C@@H](Cc1ccccc1)N(Cc1ccc(Cl)cc1)C(=O)CN(c1ccc2c(c1)OCO2)S(=O)(=O)CC. The monoisotopic (exact) mass is 585 g/mol. The minimum Gasteiger partial charge on any atom is -0.454 e. The molecule has 0 aliphatic carbocycles. The zero-order chi connectivity index (χ0) is 28.7. The van der Waals surface area contributed by atoms with Crippen LogP contribution in [0.2, 0.25) is 5.02 Å². The smallest absolute Gasteiger partial charge is 0.244 e.